The molecule has 0 unspecified atom stereocenters. The van der Waals surface area contributed by atoms with Gasteiger partial charge in [0.1, 0.15) is 0 Å². The van der Waals surface area contributed by atoms with Gasteiger partial charge in [0.2, 0.25) is 0 Å². The topological polar surface area (TPSA) is 77.8 Å². The molecule has 0 aromatic heterocycles. The maximum Gasteiger partial charge on any atom is 0 e. The number of hydrogen-bond donors (Lipinski definition) is 3. The molecule has 0 atom stereocenters. The Balaban J connectivity index is -0.0000000800. The van der Waals surface area contributed by atoms with Crippen molar-refractivity contribution in [3.8, 4) is 0 Å². The van der Waals surface area contributed by atoms with Gasteiger partial charge in [-0.05, 0) is 0 Å². The van der Waals surface area contributed by atoms with Crippen molar-refractivity contribution in [2.45, 2.75) is 0 Å². The van der Waals surface area contributed by atoms with Crippen molar-refractivity contribution in [3.05, 3.63) is 0 Å². The van der Waals surface area contributed by atoms with Crippen LogP contribution < -0.4 is 0 Å². The van der Waals surface area contributed by atoms with Crippen LogP contribution in [0.1, 0.15) is 0 Å². The van der Waals surface area contributed by atoms with E-state index in [1.807, 2.05) is 0 Å². The summed E-state index contributed by atoms with van der Waals surface area (Å²) in [5.41, 5.74) is 0. The third-order valence-electron chi connectivity index (χ3n) is 0. The monoisotopic (exact) mass is 229 g/mol. The zero-order chi connectivity index (χ0) is 4.50. The van der Waals surface area contributed by atoms with E-state index in [0.717, 1.165) is 0 Å². The summed E-state index contributed by atoms with van der Waals surface area (Å²) in [6.45, 7) is 0. The molecule has 0 bridgehead atoms. The van der Waals surface area contributed by atoms with E-state index in [0.29, 0.717) is 0 Å². The standard InChI is InChI=1S/AsH3O4.K.Ti/c2-1(3,4)5;;/h(H3,2,3,4,5);;. The van der Waals surface area contributed by atoms with Crippen LogP contribution in [0.25, 0.3) is 0 Å². The molecular formula is H3AsKO4Ti. The minimum absolute atomic E-state index is 0. The second-order valence-corrected chi connectivity index (χ2v) is 2.67. The van der Waals surface area contributed by atoms with Crippen LogP contribution in [0.15, 0.2) is 0 Å². The molecule has 0 saturated heterocycles. The summed E-state index contributed by atoms with van der Waals surface area (Å²) in [5.74, 6) is 0. The van der Waals surface area contributed by atoms with Crippen LogP contribution in [0.2, 0.25) is 0 Å². The van der Waals surface area contributed by atoms with E-state index >= 15 is 0 Å². The molecule has 7 heavy (non-hydrogen) atoms. The summed E-state index contributed by atoms with van der Waals surface area (Å²) < 4.78 is 30.7. The summed E-state index contributed by atoms with van der Waals surface area (Å²) in [6.07, 6.45) is 0. The summed E-state index contributed by atoms with van der Waals surface area (Å²) in [5, 5.41) is 0. The van der Waals surface area contributed by atoms with Gasteiger partial charge < -0.3 is 0 Å². The van der Waals surface area contributed by atoms with Crippen molar-refractivity contribution < 1.29 is 37.7 Å². The Morgan fingerprint density at radius 2 is 1.14 bits per heavy atom. The van der Waals surface area contributed by atoms with Crippen LogP contribution in [0, 0.1) is 0 Å². The number of rotatable bonds is 0. The molecular weight excluding hydrogens is 226 g/mol. The Labute approximate surface area is 101 Å². The fraction of sp³-hybridized carbons (Fsp3) is 0. The van der Waals surface area contributed by atoms with Gasteiger partial charge in [-0.2, -0.15) is 0 Å². The van der Waals surface area contributed by atoms with Crippen LogP contribution in [0.4, 0.5) is 0 Å². The third-order valence-corrected chi connectivity index (χ3v) is 0. The zero-order valence-electron chi connectivity index (χ0n) is 3.70. The van der Waals surface area contributed by atoms with Crippen LogP contribution in [-0.4, -0.2) is 78.2 Å². The Morgan fingerprint density at radius 3 is 1.14 bits per heavy atom. The Kier molecular flexibility index (Phi) is 15.6. The first-order valence-electron chi connectivity index (χ1n) is 0.783. The van der Waals surface area contributed by atoms with E-state index in [2.05, 4.69) is 0 Å². The summed E-state index contributed by atoms with van der Waals surface area (Å²) in [6, 6.07) is 0. The van der Waals surface area contributed by atoms with Gasteiger partial charge >= 0.3 is 30.5 Å². The molecule has 0 aromatic carbocycles. The molecule has 3 N–H and O–H groups in total. The van der Waals surface area contributed by atoms with Gasteiger partial charge in [0, 0.05) is 73.1 Å². The van der Waals surface area contributed by atoms with E-state index in [1.165, 1.54) is 0 Å². The first-order chi connectivity index (χ1) is 2.00. The van der Waals surface area contributed by atoms with Gasteiger partial charge in [0.05, 0.1) is 0 Å². The van der Waals surface area contributed by atoms with Crippen LogP contribution in [0.3, 0.4) is 0 Å². The van der Waals surface area contributed by atoms with Gasteiger partial charge in [-0.15, -0.1) is 0 Å². The van der Waals surface area contributed by atoms with Crippen molar-refractivity contribution in [2.75, 3.05) is 0 Å². The predicted molar refractivity (Wildman–Crippen MR) is 18.9 cm³/mol. The summed E-state index contributed by atoms with van der Waals surface area (Å²) in [4.78, 5) is 0. The molecule has 0 spiro atoms. The van der Waals surface area contributed by atoms with E-state index in [9.17, 15) is 0 Å². The van der Waals surface area contributed by atoms with E-state index in [-0.39, 0.29) is 73.1 Å². The zero-order valence-corrected chi connectivity index (χ0v) is 10.3. The summed E-state index contributed by atoms with van der Waals surface area (Å²) in [7, 11) is 0. The second kappa shape index (κ2) is 6.71. The van der Waals surface area contributed by atoms with Crippen molar-refractivity contribution in [1.29, 1.82) is 0 Å². The molecule has 37 valence electrons. The first kappa shape index (κ1) is 16.3. The minimum Gasteiger partial charge on any atom is 0 e. The normalized spacial score (nSPS) is 8.43. The molecule has 0 aliphatic carbocycles. The average Bonchev–Trinajstić information content (AvgIpc) is 0.722. The van der Waals surface area contributed by atoms with Gasteiger partial charge in [-0.25, -0.2) is 0 Å². The fourth-order valence-corrected chi connectivity index (χ4v) is 0. The Hall–Kier alpha value is 2.59. The van der Waals surface area contributed by atoms with Crippen molar-refractivity contribution in [1.82, 2.24) is 0 Å². The molecule has 0 saturated carbocycles. The Bertz CT molecular complexity index is 57.8. The molecule has 0 amide bonds. The maximum absolute atomic E-state index is 8.94. The average molecular weight is 229 g/mol. The van der Waals surface area contributed by atoms with Crippen molar-refractivity contribution >= 4 is 65.9 Å². The second-order valence-electron chi connectivity index (χ2n) is 0.513. The van der Waals surface area contributed by atoms with Crippen LogP contribution in [-0.2, 0) is 25.5 Å². The molecule has 0 rings (SSSR count). The van der Waals surface area contributed by atoms with Crippen LogP contribution >= 0.6 is 0 Å². The largest absolute Gasteiger partial charge is 0 e. The van der Waals surface area contributed by atoms with E-state index in [4.69, 9.17) is 16.0 Å². The van der Waals surface area contributed by atoms with Gasteiger partial charge in [0.15, 0.2) is 0 Å². The van der Waals surface area contributed by atoms with Gasteiger partial charge in [-0.1, -0.05) is 0 Å². The maximum atomic E-state index is 8.94. The van der Waals surface area contributed by atoms with Crippen LogP contribution in [0.5, 0.6) is 0 Å². The first-order valence-corrected chi connectivity index (χ1v) is 4.07. The molecule has 0 heterocycles. The molecule has 7 heteroatoms. The molecule has 0 aromatic rings. The predicted octanol–water partition coefficient (Wildman–Crippen LogP) is -2.55. The van der Waals surface area contributed by atoms with E-state index in [1.54, 1.807) is 0 Å². The van der Waals surface area contributed by atoms with Crippen molar-refractivity contribution in [2.24, 2.45) is 0 Å². The number of hydrogen-bond acceptors (Lipinski definition) is 1. The quantitative estimate of drug-likeness (QED) is 0.399. The third kappa shape index (κ3) is 55.6. The fourth-order valence-electron chi connectivity index (χ4n) is 0. The SMILES string of the molecule is O=[As](O)(O)O.[K].[Ti]. The van der Waals surface area contributed by atoms with E-state index < -0.39 is 14.5 Å². The summed E-state index contributed by atoms with van der Waals surface area (Å²) >= 11 is -5.12. The molecule has 0 aliphatic heterocycles. The molecule has 1 radical (unpaired) electrons. The molecule has 0 aliphatic rings. The van der Waals surface area contributed by atoms with Crippen molar-refractivity contribution in [3.63, 3.8) is 0 Å². The smallest absolute Gasteiger partial charge is 0 e. The Morgan fingerprint density at radius 1 is 1.14 bits per heavy atom. The minimum atomic E-state index is -5.12. The molecule has 4 nitrogen and oxygen atoms in total. The molecule has 0 fully saturated rings. The van der Waals surface area contributed by atoms with Gasteiger partial charge in [-0.3, -0.25) is 0 Å². The van der Waals surface area contributed by atoms with Gasteiger partial charge in [0.25, 0.3) is 0 Å².